The van der Waals surface area contributed by atoms with Crippen molar-refractivity contribution in [3.63, 3.8) is 0 Å². The van der Waals surface area contributed by atoms with Crippen LogP contribution < -0.4 is 14.8 Å². The van der Waals surface area contributed by atoms with Crippen LogP contribution in [0.1, 0.15) is 18.1 Å². The summed E-state index contributed by atoms with van der Waals surface area (Å²) in [5.41, 5.74) is 1.16. The zero-order chi connectivity index (χ0) is 23.8. The number of halogens is 1. The van der Waals surface area contributed by atoms with Gasteiger partial charge in [0.15, 0.2) is 18.1 Å². The number of carbonyl (C=O) groups is 3. The molecule has 3 amide bonds. The van der Waals surface area contributed by atoms with Crippen molar-refractivity contribution in [2.24, 2.45) is 0 Å². The first-order valence-corrected chi connectivity index (χ1v) is 10.9. The first-order valence-electron chi connectivity index (χ1n) is 10.1. The SMILES string of the molecule is C/C=C/c1ccc(OCC(=O)NCCN2C(=O)S/C(=C\c3ccccc3F)C2=O)c(OC)c1. The summed E-state index contributed by atoms with van der Waals surface area (Å²) >= 11 is 0.736. The van der Waals surface area contributed by atoms with Crippen LogP contribution in [-0.2, 0) is 9.59 Å². The fraction of sp³-hybridized carbons (Fsp3) is 0.208. The third-order valence-electron chi connectivity index (χ3n) is 4.63. The predicted octanol–water partition coefficient (Wildman–Crippen LogP) is 4.10. The fourth-order valence-electron chi connectivity index (χ4n) is 3.03. The lowest BCUT2D eigenvalue weighted by Crippen LogP contribution is -2.38. The molecule has 2 aromatic rings. The second kappa shape index (κ2) is 11.3. The summed E-state index contributed by atoms with van der Waals surface area (Å²) < 4.78 is 24.6. The molecule has 1 fully saturated rings. The molecule has 1 aliphatic rings. The monoisotopic (exact) mass is 470 g/mol. The highest BCUT2D eigenvalue weighted by molar-refractivity contribution is 8.18. The molecule has 0 spiro atoms. The minimum absolute atomic E-state index is 0.00755. The van der Waals surface area contributed by atoms with Gasteiger partial charge in [-0.1, -0.05) is 36.4 Å². The highest BCUT2D eigenvalue weighted by Crippen LogP contribution is 2.32. The molecule has 1 N–H and O–H groups in total. The minimum atomic E-state index is -0.523. The Morgan fingerprint density at radius 3 is 2.70 bits per heavy atom. The van der Waals surface area contributed by atoms with Gasteiger partial charge < -0.3 is 14.8 Å². The van der Waals surface area contributed by atoms with Crippen LogP contribution in [0.3, 0.4) is 0 Å². The Labute approximate surface area is 195 Å². The van der Waals surface area contributed by atoms with E-state index in [1.165, 1.54) is 25.3 Å². The van der Waals surface area contributed by atoms with E-state index in [-0.39, 0.29) is 30.2 Å². The van der Waals surface area contributed by atoms with Gasteiger partial charge in [0.25, 0.3) is 17.1 Å². The molecule has 33 heavy (non-hydrogen) atoms. The van der Waals surface area contributed by atoms with E-state index in [4.69, 9.17) is 9.47 Å². The maximum absolute atomic E-state index is 13.8. The largest absolute Gasteiger partial charge is 0.493 e. The van der Waals surface area contributed by atoms with E-state index in [1.807, 2.05) is 25.1 Å². The van der Waals surface area contributed by atoms with Crippen molar-refractivity contribution in [2.45, 2.75) is 6.92 Å². The Morgan fingerprint density at radius 1 is 1.18 bits per heavy atom. The number of carbonyl (C=O) groups excluding carboxylic acids is 3. The summed E-state index contributed by atoms with van der Waals surface area (Å²) in [7, 11) is 1.51. The summed E-state index contributed by atoms with van der Waals surface area (Å²) in [6, 6.07) is 11.3. The van der Waals surface area contributed by atoms with Crippen molar-refractivity contribution in [1.82, 2.24) is 10.2 Å². The number of allylic oxidation sites excluding steroid dienone is 1. The molecule has 1 aliphatic heterocycles. The second-order valence-electron chi connectivity index (χ2n) is 6.90. The molecule has 1 saturated heterocycles. The number of ether oxygens (including phenoxy) is 2. The number of amides is 3. The highest BCUT2D eigenvalue weighted by atomic mass is 32.2. The normalized spacial score (nSPS) is 14.9. The standard InChI is InChI=1S/C24H23FN2O5S/c1-3-6-16-9-10-19(20(13-16)31-2)32-15-22(28)26-11-12-27-23(29)21(33-24(27)30)14-17-7-4-5-8-18(17)25/h3-10,13-14H,11-12,15H2,1-2H3,(H,26,28)/b6-3+,21-14-. The van der Waals surface area contributed by atoms with Crippen LogP contribution in [-0.4, -0.2) is 48.8 Å². The van der Waals surface area contributed by atoms with Crippen molar-refractivity contribution in [3.05, 3.63) is 70.4 Å². The van der Waals surface area contributed by atoms with Crippen LogP contribution >= 0.6 is 11.8 Å². The smallest absolute Gasteiger partial charge is 0.293 e. The summed E-state index contributed by atoms with van der Waals surface area (Å²) in [6.45, 7) is 1.70. The van der Waals surface area contributed by atoms with Gasteiger partial charge in [-0.05, 0) is 48.5 Å². The molecule has 2 aromatic carbocycles. The van der Waals surface area contributed by atoms with E-state index in [2.05, 4.69) is 5.32 Å². The number of methoxy groups -OCH3 is 1. The van der Waals surface area contributed by atoms with E-state index in [0.717, 1.165) is 22.2 Å². The van der Waals surface area contributed by atoms with Crippen molar-refractivity contribution in [2.75, 3.05) is 26.8 Å². The number of nitrogens with one attached hydrogen (secondary N) is 1. The zero-order valence-electron chi connectivity index (χ0n) is 18.2. The quantitative estimate of drug-likeness (QED) is 0.556. The number of rotatable bonds is 9. The minimum Gasteiger partial charge on any atom is -0.493 e. The predicted molar refractivity (Wildman–Crippen MR) is 125 cm³/mol. The average Bonchev–Trinajstić information content (AvgIpc) is 3.07. The van der Waals surface area contributed by atoms with Gasteiger partial charge in [-0.2, -0.15) is 0 Å². The van der Waals surface area contributed by atoms with Crippen molar-refractivity contribution < 1.29 is 28.2 Å². The van der Waals surface area contributed by atoms with Crippen LogP contribution in [0.5, 0.6) is 11.5 Å². The van der Waals surface area contributed by atoms with Gasteiger partial charge in [-0.25, -0.2) is 4.39 Å². The Morgan fingerprint density at radius 2 is 1.97 bits per heavy atom. The molecule has 0 unspecified atom stereocenters. The molecule has 0 aliphatic carbocycles. The molecule has 9 heteroatoms. The topological polar surface area (TPSA) is 84.9 Å². The molecule has 1 heterocycles. The van der Waals surface area contributed by atoms with E-state index in [0.29, 0.717) is 11.5 Å². The fourth-order valence-corrected chi connectivity index (χ4v) is 3.88. The van der Waals surface area contributed by atoms with Crippen LogP contribution in [0.2, 0.25) is 0 Å². The van der Waals surface area contributed by atoms with Crippen LogP contribution in [0.15, 0.2) is 53.4 Å². The van der Waals surface area contributed by atoms with Crippen LogP contribution in [0.4, 0.5) is 9.18 Å². The zero-order valence-corrected chi connectivity index (χ0v) is 19.0. The number of imide groups is 1. The average molecular weight is 471 g/mol. The Bertz CT molecular complexity index is 1120. The van der Waals surface area contributed by atoms with E-state index in [9.17, 15) is 18.8 Å². The van der Waals surface area contributed by atoms with Gasteiger partial charge >= 0.3 is 0 Å². The van der Waals surface area contributed by atoms with Crippen molar-refractivity contribution in [3.8, 4) is 11.5 Å². The van der Waals surface area contributed by atoms with Crippen LogP contribution in [0.25, 0.3) is 12.2 Å². The van der Waals surface area contributed by atoms with Gasteiger partial charge in [0.05, 0.1) is 12.0 Å². The maximum Gasteiger partial charge on any atom is 0.293 e. The molecule has 0 radical (unpaired) electrons. The second-order valence-corrected chi connectivity index (χ2v) is 7.90. The van der Waals surface area contributed by atoms with Gasteiger partial charge in [-0.15, -0.1) is 0 Å². The number of hydrogen-bond donors (Lipinski definition) is 1. The molecule has 7 nitrogen and oxygen atoms in total. The van der Waals surface area contributed by atoms with E-state index >= 15 is 0 Å². The summed E-state index contributed by atoms with van der Waals surface area (Å²) in [5, 5.41) is 2.14. The number of thioether (sulfide) groups is 1. The highest BCUT2D eigenvalue weighted by Gasteiger charge is 2.34. The van der Waals surface area contributed by atoms with Crippen molar-refractivity contribution >= 4 is 41.0 Å². The summed E-state index contributed by atoms with van der Waals surface area (Å²) in [5.74, 6) is -0.499. The lowest BCUT2D eigenvalue weighted by atomic mass is 10.2. The molecular formula is C24H23FN2O5S. The lowest BCUT2D eigenvalue weighted by molar-refractivity contribution is -0.125. The van der Waals surface area contributed by atoms with Gasteiger partial charge in [-0.3, -0.25) is 19.3 Å². The first kappa shape index (κ1) is 24.1. The first-order chi connectivity index (χ1) is 15.9. The third-order valence-corrected chi connectivity index (χ3v) is 5.54. The molecule has 0 aromatic heterocycles. The summed E-state index contributed by atoms with van der Waals surface area (Å²) in [6.07, 6.45) is 5.16. The van der Waals surface area contributed by atoms with Gasteiger partial charge in [0.2, 0.25) is 0 Å². The molecule has 0 bridgehead atoms. The Kier molecular flexibility index (Phi) is 8.26. The Hall–Kier alpha value is -3.59. The molecule has 3 rings (SSSR count). The maximum atomic E-state index is 13.8. The van der Waals surface area contributed by atoms with Gasteiger partial charge in [0, 0.05) is 18.7 Å². The molecule has 0 saturated carbocycles. The Balaban J connectivity index is 1.50. The lowest BCUT2D eigenvalue weighted by Gasteiger charge is -2.14. The number of nitrogens with zero attached hydrogens (tertiary/aromatic N) is 1. The van der Waals surface area contributed by atoms with E-state index < -0.39 is 22.9 Å². The molecular weight excluding hydrogens is 447 g/mol. The number of hydrogen-bond acceptors (Lipinski definition) is 6. The molecule has 172 valence electrons. The summed E-state index contributed by atoms with van der Waals surface area (Å²) in [4.78, 5) is 38.0. The number of benzene rings is 2. The van der Waals surface area contributed by atoms with Crippen molar-refractivity contribution in [1.29, 1.82) is 0 Å². The third kappa shape index (κ3) is 6.23. The van der Waals surface area contributed by atoms with E-state index in [1.54, 1.807) is 24.3 Å². The van der Waals surface area contributed by atoms with Crippen LogP contribution in [0, 0.1) is 5.82 Å². The molecule has 0 atom stereocenters. The van der Waals surface area contributed by atoms with Gasteiger partial charge in [0.1, 0.15) is 5.82 Å².